The summed E-state index contributed by atoms with van der Waals surface area (Å²) in [7, 11) is 3.20. The van der Waals surface area contributed by atoms with E-state index in [2.05, 4.69) is 5.32 Å². The largest absolute Gasteiger partial charge is 0.493 e. The number of hydrogen-bond acceptors (Lipinski definition) is 3. The fourth-order valence-electron chi connectivity index (χ4n) is 3.07. The minimum absolute atomic E-state index is 0.0396. The second kappa shape index (κ2) is 8.90. The minimum Gasteiger partial charge on any atom is -0.493 e. The zero-order valence-electron chi connectivity index (χ0n) is 15.5. The van der Waals surface area contributed by atoms with Gasteiger partial charge in [0.25, 0.3) is 0 Å². The van der Waals surface area contributed by atoms with Gasteiger partial charge in [0.2, 0.25) is 5.91 Å². The lowest BCUT2D eigenvalue weighted by Crippen LogP contribution is -2.29. The van der Waals surface area contributed by atoms with Crippen molar-refractivity contribution in [2.75, 3.05) is 14.2 Å². The van der Waals surface area contributed by atoms with Crippen LogP contribution >= 0.6 is 0 Å². The van der Waals surface area contributed by atoms with E-state index < -0.39 is 0 Å². The number of carbonyl (C=O) groups is 1. The monoisotopic (exact) mass is 361 g/mol. The van der Waals surface area contributed by atoms with E-state index in [0.29, 0.717) is 18.0 Å². The molecular weight excluding hydrogens is 338 g/mol. The van der Waals surface area contributed by atoms with Crippen LogP contribution in [0.2, 0.25) is 0 Å². The number of amides is 1. The molecule has 3 aromatic rings. The summed E-state index contributed by atoms with van der Waals surface area (Å²) in [5.74, 6) is 0.917. The van der Waals surface area contributed by atoms with Gasteiger partial charge in [-0.2, -0.15) is 0 Å². The molecule has 0 fully saturated rings. The highest BCUT2D eigenvalue weighted by Gasteiger charge is 2.22. The van der Waals surface area contributed by atoms with Crippen LogP contribution in [0.15, 0.2) is 78.9 Å². The summed E-state index contributed by atoms with van der Waals surface area (Å²) in [6.07, 6.45) is 0. The first-order chi connectivity index (χ1) is 13.2. The summed E-state index contributed by atoms with van der Waals surface area (Å²) in [4.78, 5) is 13.0. The molecule has 0 saturated heterocycles. The number of nitrogens with one attached hydrogen (secondary N) is 1. The molecule has 1 amide bonds. The number of ether oxygens (including phenoxy) is 2. The predicted octanol–water partition coefficient (Wildman–Crippen LogP) is 4.15. The smallest absolute Gasteiger partial charge is 0.232 e. The van der Waals surface area contributed by atoms with Crippen LogP contribution in [-0.2, 0) is 11.3 Å². The van der Waals surface area contributed by atoms with Crippen LogP contribution in [-0.4, -0.2) is 20.1 Å². The van der Waals surface area contributed by atoms with Gasteiger partial charge in [-0.3, -0.25) is 4.79 Å². The van der Waals surface area contributed by atoms with E-state index in [1.165, 1.54) is 0 Å². The predicted molar refractivity (Wildman–Crippen MR) is 106 cm³/mol. The molecule has 0 unspecified atom stereocenters. The lowest BCUT2D eigenvalue weighted by Gasteiger charge is -2.18. The fourth-order valence-corrected chi connectivity index (χ4v) is 3.07. The van der Waals surface area contributed by atoms with E-state index in [0.717, 1.165) is 16.7 Å². The number of benzene rings is 3. The third kappa shape index (κ3) is 4.47. The van der Waals surface area contributed by atoms with Crippen LogP contribution in [0, 0.1) is 0 Å². The van der Waals surface area contributed by atoms with Crippen LogP contribution < -0.4 is 14.8 Å². The molecule has 138 valence electrons. The first-order valence-electron chi connectivity index (χ1n) is 8.81. The summed E-state index contributed by atoms with van der Waals surface area (Å²) >= 11 is 0. The first kappa shape index (κ1) is 18.5. The lowest BCUT2D eigenvalue weighted by atomic mass is 9.90. The Bertz CT molecular complexity index is 839. The van der Waals surface area contributed by atoms with E-state index in [4.69, 9.17) is 9.47 Å². The molecule has 0 atom stereocenters. The molecule has 27 heavy (non-hydrogen) atoms. The molecule has 0 aliphatic heterocycles. The number of carbonyl (C=O) groups excluding carboxylic acids is 1. The molecule has 4 heteroatoms. The van der Waals surface area contributed by atoms with Gasteiger partial charge in [0.1, 0.15) is 0 Å². The molecule has 0 saturated carbocycles. The molecule has 1 N–H and O–H groups in total. The third-order valence-corrected chi connectivity index (χ3v) is 4.44. The molecule has 0 spiro atoms. The fraction of sp³-hybridized carbons (Fsp3) is 0.174. The SMILES string of the molecule is COc1ccc(CNC(=O)C(c2ccccc2)c2ccccc2)cc1OC. The summed E-state index contributed by atoms with van der Waals surface area (Å²) in [5.41, 5.74) is 2.88. The quantitative estimate of drug-likeness (QED) is 0.688. The summed E-state index contributed by atoms with van der Waals surface area (Å²) in [6.45, 7) is 0.412. The summed E-state index contributed by atoms with van der Waals surface area (Å²) in [6, 6.07) is 25.3. The highest BCUT2D eigenvalue weighted by atomic mass is 16.5. The van der Waals surface area contributed by atoms with Gasteiger partial charge in [-0.05, 0) is 28.8 Å². The standard InChI is InChI=1S/C23H23NO3/c1-26-20-14-13-17(15-21(20)27-2)16-24-23(25)22(18-9-5-3-6-10-18)19-11-7-4-8-12-19/h3-15,22H,16H2,1-2H3,(H,24,25). The number of rotatable bonds is 7. The molecule has 0 aliphatic rings. The number of methoxy groups -OCH3 is 2. The normalized spacial score (nSPS) is 10.5. The Kier molecular flexibility index (Phi) is 6.10. The maximum atomic E-state index is 13.0. The average Bonchev–Trinajstić information content (AvgIpc) is 2.73. The van der Waals surface area contributed by atoms with E-state index in [-0.39, 0.29) is 11.8 Å². The van der Waals surface area contributed by atoms with Gasteiger partial charge in [0.05, 0.1) is 20.1 Å². The van der Waals surface area contributed by atoms with Crippen LogP contribution in [0.1, 0.15) is 22.6 Å². The van der Waals surface area contributed by atoms with E-state index >= 15 is 0 Å². The molecule has 0 heterocycles. The topological polar surface area (TPSA) is 47.6 Å². The maximum absolute atomic E-state index is 13.0. The maximum Gasteiger partial charge on any atom is 0.232 e. The van der Waals surface area contributed by atoms with Crippen molar-refractivity contribution in [2.45, 2.75) is 12.5 Å². The van der Waals surface area contributed by atoms with Gasteiger partial charge in [0, 0.05) is 6.54 Å². The molecule has 0 bridgehead atoms. The van der Waals surface area contributed by atoms with Crippen molar-refractivity contribution in [3.63, 3.8) is 0 Å². The van der Waals surface area contributed by atoms with Crippen molar-refractivity contribution >= 4 is 5.91 Å². The molecule has 4 nitrogen and oxygen atoms in total. The van der Waals surface area contributed by atoms with Crippen molar-refractivity contribution in [2.24, 2.45) is 0 Å². The van der Waals surface area contributed by atoms with Gasteiger partial charge in [0.15, 0.2) is 11.5 Å². The van der Waals surface area contributed by atoms with Gasteiger partial charge in [-0.1, -0.05) is 66.7 Å². The molecule has 0 radical (unpaired) electrons. The van der Waals surface area contributed by atoms with E-state index in [1.54, 1.807) is 14.2 Å². The van der Waals surface area contributed by atoms with Gasteiger partial charge >= 0.3 is 0 Å². The Morgan fingerprint density at radius 1 is 0.815 bits per heavy atom. The van der Waals surface area contributed by atoms with Crippen molar-refractivity contribution in [1.29, 1.82) is 0 Å². The molecule has 3 rings (SSSR count). The van der Waals surface area contributed by atoms with Crippen molar-refractivity contribution in [3.8, 4) is 11.5 Å². The van der Waals surface area contributed by atoms with Crippen LogP contribution in [0.5, 0.6) is 11.5 Å². The molecular formula is C23H23NO3. The van der Waals surface area contributed by atoms with Crippen LogP contribution in [0.25, 0.3) is 0 Å². The highest BCUT2D eigenvalue weighted by molar-refractivity contribution is 5.87. The summed E-state index contributed by atoms with van der Waals surface area (Å²) in [5, 5.41) is 3.05. The van der Waals surface area contributed by atoms with Crippen molar-refractivity contribution in [1.82, 2.24) is 5.32 Å². The highest BCUT2D eigenvalue weighted by Crippen LogP contribution is 2.28. The van der Waals surface area contributed by atoms with Gasteiger partial charge < -0.3 is 14.8 Å². The Morgan fingerprint density at radius 2 is 1.37 bits per heavy atom. The summed E-state index contributed by atoms with van der Waals surface area (Å²) < 4.78 is 10.6. The third-order valence-electron chi connectivity index (χ3n) is 4.44. The van der Waals surface area contributed by atoms with Gasteiger partial charge in [-0.15, -0.1) is 0 Å². The second-order valence-corrected chi connectivity index (χ2v) is 6.16. The molecule has 0 aliphatic carbocycles. The van der Waals surface area contributed by atoms with Crippen LogP contribution in [0.3, 0.4) is 0 Å². The minimum atomic E-state index is -0.354. The zero-order valence-corrected chi connectivity index (χ0v) is 15.5. The molecule has 0 aromatic heterocycles. The van der Waals surface area contributed by atoms with Crippen LogP contribution in [0.4, 0.5) is 0 Å². The first-order valence-corrected chi connectivity index (χ1v) is 8.81. The second-order valence-electron chi connectivity index (χ2n) is 6.16. The molecule has 3 aromatic carbocycles. The van der Waals surface area contributed by atoms with E-state index in [9.17, 15) is 4.79 Å². The van der Waals surface area contributed by atoms with Crippen molar-refractivity contribution in [3.05, 3.63) is 95.6 Å². The zero-order chi connectivity index (χ0) is 19.1. The Hall–Kier alpha value is -3.27. The Morgan fingerprint density at radius 3 is 1.89 bits per heavy atom. The van der Waals surface area contributed by atoms with Crippen molar-refractivity contribution < 1.29 is 14.3 Å². The Balaban J connectivity index is 1.79. The lowest BCUT2D eigenvalue weighted by molar-refractivity contribution is -0.121. The Labute approximate surface area is 159 Å². The number of hydrogen-bond donors (Lipinski definition) is 1. The van der Waals surface area contributed by atoms with E-state index in [1.807, 2.05) is 78.9 Å². The van der Waals surface area contributed by atoms with Gasteiger partial charge in [-0.25, -0.2) is 0 Å². The average molecular weight is 361 g/mol.